The van der Waals surface area contributed by atoms with Crippen LogP contribution in [0.2, 0.25) is 0 Å². The number of ketones is 1. The van der Waals surface area contributed by atoms with E-state index in [1.807, 2.05) is 6.08 Å². The molecule has 3 heteroatoms. The van der Waals surface area contributed by atoms with E-state index in [2.05, 4.69) is 19.9 Å². The zero-order valence-corrected chi connectivity index (χ0v) is 18.8. The van der Waals surface area contributed by atoms with Crippen molar-refractivity contribution in [3.63, 3.8) is 0 Å². The first-order chi connectivity index (χ1) is 14.8. The molecule has 4 aliphatic rings. The smallest absolute Gasteiger partial charge is 0.159 e. The minimum absolute atomic E-state index is 0.0846. The highest BCUT2D eigenvalue weighted by Gasteiger charge is 2.59. The molecule has 5 rings (SSSR count). The SMILES string of the molecule is C[C@]12CCC(O)CC1=CC[C@@H]1[C@@H]2CC[C@]2(C)C(C(=O)/C=C/c3ccc(F)cc3)CC[C@@H]12. The number of allylic oxidation sites excluding steroid dienone is 2. The van der Waals surface area contributed by atoms with E-state index >= 15 is 0 Å². The van der Waals surface area contributed by atoms with E-state index in [4.69, 9.17) is 0 Å². The molecule has 7 atom stereocenters. The number of rotatable bonds is 3. The fraction of sp³-hybridized carbons (Fsp3) is 0.607. The first-order valence-corrected chi connectivity index (χ1v) is 12.2. The largest absolute Gasteiger partial charge is 0.393 e. The Hall–Kier alpha value is -1.74. The summed E-state index contributed by atoms with van der Waals surface area (Å²) in [4.78, 5) is 13.2. The summed E-state index contributed by atoms with van der Waals surface area (Å²) in [5, 5.41) is 10.2. The van der Waals surface area contributed by atoms with Gasteiger partial charge < -0.3 is 5.11 Å². The molecule has 3 fully saturated rings. The molecule has 1 N–H and O–H groups in total. The van der Waals surface area contributed by atoms with Crippen LogP contribution in [0.3, 0.4) is 0 Å². The molecule has 0 spiro atoms. The summed E-state index contributed by atoms with van der Waals surface area (Å²) in [7, 11) is 0. The van der Waals surface area contributed by atoms with Gasteiger partial charge in [-0.15, -0.1) is 0 Å². The second kappa shape index (κ2) is 7.69. The van der Waals surface area contributed by atoms with E-state index in [1.165, 1.54) is 24.1 Å². The summed E-state index contributed by atoms with van der Waals surface area (Å²) >= 11 is 0. The van der Waals surface area contributed by atoms with Crippen LogP contribution in [-0.2, 0) is 4.79 Å². The molecule has 0 bridgehead atoms. The zero-order chi connectivity index (χ0) is 21.8. The van der Waals surface area contributed by atoms with E-state index in [-0.39, 0.29) is 34.5 Å². The average Bonchev–Trinajstić information content (AvgIpc) is 3.11. The number of hydrogen-bond donors (Lipinski definition) is 1. The van der Waals surface area contributed by atoms with Gasteiger partial charge in [0.15, 0.2) is 5.78 Å². The van der Waals surface area contributed by atoms with Crippen LogP contribution in [0, 0.1) is 40.3 Å². The minimum atomic E-state index is -0.253. The van der Waals surface area contributed by atoms with Crippen molar-refractivity contribution in [1.82, 2.24) is 0 Å². The quantitative estimate of drug-likeness (QED) is 0.455. The molecule has 3 saturated carbocycles. The van der Waals surface area contributed by atoms with Gasteiger partial charge in [0, 0.05) is 5.92 Å². The van der Waals surface area contributed by atoms with Gasteiger partial charge in [0.1, 0.15) is 5.82 Å². The van der Waals surface area contributed by atoms with Gasteiger partial charge in [-0.2, -0.15) is 0 Å². The average molecular weight is 423 g/mol. The monoisotopic (exact) mass is 422 g/mol. The van der Waals surface area contributed by atoms with Crippen LogP contribution in [0.4, 0.5) is 4.39 Å². The second-order valence-corrected chi connectivity index (χ2v) is 11.1. The van der Waals surface area contributed by atoms with Crippen LogP contribution < -0.4 is 0 Å². The molecule has 0 saturated heterocycles. The fourth-order valence-electron chi connectivity index (χ4n) is 7.98. The number of carbonyl (C=O) groups is 1. The van der Waals surface area contributed by atoms with Crippen molar-refractivity contribution in [2.45, 2.75) is 71.3 Å². The van der Waals surface area contributed by atoms with E-state index in [1.54, 1.807) is 18.2 Å². The Bertz CT molecular complexity index is 915. The highest BCUT2D eigenvalue weighted by Crippen LogP contribution is 2.66. The van der Waals surface area contributed by atoms with Crippen LogP contribution >= 0.6 is 0 Å². The molecule has 0 aromatic heterocycles. The standard InChI is InChI=1S/C28H35FO2/c1-27-15-13-21(30)17-19(27)6-9-22-23-10-11-25(28(23,2)16-14-24(22)27)26(31)12-5-18-3-7-20(29)8-4-18/h3-8,12,21-25,30H,9-11,13-17H2,1-2H3/b12-5+/t21?,22-,23-,24-,25?,27-,28-/m0/s1. The minimum Gasteiger partial charge on any atom is -0.393 e. The fourth-order valence-corrected chi connectivity index (χ4v) is 7.98. The van der Waals surface area contributed by atoms with Gasteiger partial charge in [-0.3, -0.25) is 4.79 Å². The molecule has 166 valence electrons. The van der Waals surface area contributed by atoms with Crippen LogP contribution in [-0.4, -0.2) is 17.0 Å². The zero-order valence-electron chi connectivity index (χ0n) is 18.8. The maximum Gasteiger partial charge on any atom is 0.159 e. The Morgan fingerprint density at radius 1 is 1.06 bits per heavy atom. The van der Waals surface area contributed by atoms with Gasteiger partial charge in [-0.25, -0.2) is 4.39 Å². The first-order valence-electron chi connectivity index (χ1n) is 12.2. The summed E-state index contributed by atoms with van der Waals surface area (Å²) in [6.07, 6.45) is 14.4. The van der Waals surface area contributed by atoms with Gasteiger partial charge in [0.25, 0.3) is 0 Å². The van der Waals surface area contributed by atoms with Gasteiger partial charge in [-0.05, 0) is 104 Å². The highest BCUT2D eigenvalue weighted by atomic mass is 19.1. The van der Waals surface area contributed by atoms with Crippen LogP contribution in [0.15, 0.2) is 42.0 Å². The van der Waals surface area contributed by atoms with Crippen molar-refractivity contribution in [3.05, 3.63) is 53.4 Å². The van der Waals surface area contributed by atoms with E-state index in [9.17, 15) is 14.3 Å². The number of benzene rings is 1. The third-order valence-corrected chi connectivity index (χ3v) is 9.73. The Labute approximate surface area is 185 Å². The maximum atomic E-state index is 13.2. The lowest BCUT2D eigenvalue weighted by molar-refractivity contribution is -0.124. The van der Waals surface area contributed by atoms with Gasteiger partial charge in [0.05, 0.1) is 6.10 Å². The van der Waals surface area contributed by atoms with Crippen molar-refractivity contribution < 1.29 is 14.3 Å². The molecule has 0 amide bonds. The van der Waals surface area contributed by atoms with Gasteiger partial charge in [0.2, 0.25) is 0 Å². The third-order valence-electron chi connectivity index (χ3n) is 9.73. The molecule has 0 radical (unpaired) electrons. The lowest BCUT2D eigenvalue weighted by Gasteiger charge is -2.57. The number of aliphatic hydroxyl groups excluding tert-OH is 1. The number of carbonyl (C=O) groups excluding carboxylic acids is 1. The molecular weight excluding hydrogens is 387 g/mol. The molecular formula is C28H35FO2. The number of hydrogen-bond acceptors (Lipinski definition) is 2. The molecule has 2 unspecified atom stereocenters. The number of fused-ring (bicyclic) bond motifs is 5. The molecule has 4 aliphatic carbocycles. The molecule has 1 aromatic carbocycles. The topological polar surface area (TPSA) is 37.3 Å². The number of halogens is 1. The molecule has 2 nitrogen and oxygen atoms in total. The third kappa shape index (κ3) is 3.44. The number of aliphatic hydroxyl groups is 1. The van der Waals surface area contributed by atoms with E-state index in [0.29, 0.717) is 17.8 Å². The van der Waals surface area contributed by atoms with Crippen molar-refractivity contribution in [3.8, 4) is 0 Å². The Morgan fingerprint density at radius 3 is 2.61 bits per heavy atom. The Morgan fingerprint density at radius 2 is 1.84 bits per heavy atom. The lowest BCUT2D eigenvalue weighted by Crippen LogP contribution is -2.50. The maximum absolute atomic E-state index is 13.2. The molecule has 31 heavy (non-hydrogen) atoms. The van der Waals surface area contributed by atoms with Crippen LogP contribution in [0.25, 0.3) is 6.08 Å². The summed E-state index contributed by atoms with van der Waals surface area (Å²) in [5.41, 5.74) is 2.70. The molecule has 1 aromatic rings. The highest BCUT2D eigenvalue weighted by molar-refractivity contribution is 5.96. The summed E-state index contributed by atoms with van der Waals surface area (Å²) in [6.45, 7) is 4.83. The predicted octanol–water partition coefficient (Wildman–Crippen LogP) is 6.35. The lowest BCUT2D eigenvalue weighted by atomic mass is 9.47. The van der Waals surface area contributed by atoms with Gasteiger partial charge >= 0.3 is 0 Å². The Kier molecular flexibility index (Phi) is 5.24. The van der Waals surface area contributed by atoms with Crippen LogP contribution in [0.5, 0.6) is 0 Å². The van der Waals surface area contributed by atoms with Crippen molar-refractivity contribution in [2.75, 3.05) is 0 Å². The first kappa shape index (κ1) is 21.1. The van der Waals surface area contributed by atoms with Crippen molar-refractivity contribution >= 4 is 11.9 Å². The van der Waals surface area contributed by atoms with Crippen LogP contribution in [0.1, 0.15) is 70.8 Å². The molecule has 0 heterocycles. The summed E-state index contributed by atoms with van der Waals surface area (Å²) in [5.74, 6) is 2.06. The van der Waals surface area contributed by atoms with Gasteiger partial charge in [-0.1, -0.05) is 43.7 Å². The van der Waals surface area contributed by atoms with Crippen molar-refractivity contribution in [2.24, 2.45) is 34.5 Å². The second-order valence-electron chi connectivity index (χ2n) is 11.1. The molecule has 0 aliphatic heterocycles. The van der Waals surface area contributed by atoms with E-state index < -0.39 is 0 Å². The normalized spacial score (nSPS) is 41.9. The Balaban J connectivity index is 1.35. The summed E-state index contributed by atoms with van der Waals surface area (Å²) < 4.78 is 13.1. The van der Waals surface area contributed by atoms with Crippen molar-refractivity contribution in [1.29, 1.82) is 0 Å². The van der Waals surface area contributed by atoms with E-state index in [0.717, 1.165) is 50.5 Å². The summed E-state index contributed by atoms with van der Waals surface area (Å²) in [6, 6.07) is 6.32. The predicted molar refractivity (Wildman–Crippen MR) is 122 cm³/mol.